The normalized spacial score (nSPS) is 26.8. The number of hydrogen-bond donors (Lipinski definition) is 2. The summed E-state index contributed by atoms with van der Waals surface area (Å²) in [7, 11) is 0. The van der Waals surface area contributed by atoms with Crippen molar-refractivity contribution in [3.05, 3.63) is 30.1 Å². The number of carbonyl (C=O) groups excluding carboxylic acids is 1. The Labute approximate surface area is 156 Å². The first kappa shape index (κ1) is 17.9. The van der Waals surface area contributed by atoms with E-state index in [1.807, 2.05) is 12.4 Å². The van der Waals surface area contributed by atoms with E-state index in [0.717, 1.165) is 65.2 Å². The van der Waals surface area contributed by atoms with Gasteiger partial charge in [-0.15, -0.1) is 0 Å². The van der Waals surface area contributed by atoms with Crippen molar-refractivity contribution < 1.29 is 4.79 Å². The van der Waals surface area contributed by atoms with Gasteiger partial charge in [-0.25, -0.2) is 0 Å². The van der Waals surface area contributed by atoms with Crippen LogP contribution in [0, 0.1) is 5.41 Å². The fourth-order valence-electron chi connectivity index (χ4n) is 4.75. The molecule has 0 saturated carbocycles. The predicted octanol–water partition coefficient (Wildman–Crippen LogP) is 0.848. The van der Waals surface area contributed by atoms with Crippen LogP contribution in [-0.4, -0.2) is 72.5 Å². The van der Waals surface area contributed by atoms with E-state index in [4.69, 9.17) is 0 Å². The lowest BCUT2D eigenvalue weighted by atomic mass is 9.77. The highest BCUT2D eigenvalue weighted by molar-refractivity contribution is 5.82. The molecule has 4 heterocycles. The molecule has 3 saturated heterocycles. The Morgan fingerprint density at radius 2 is 1.96 bits per heavy atom. The topological polar surface area (TPSA) is 60.5 Å². The molecule has 6 nitrogen and oxygen atoms in total. The molecule has 1 unspecified atom stereocenters. The second-order valence-corrected chi connectivity index (χ2v) is 8.20. The van der Waals surface area contributed by atoms with Crippen molar-refractivity contribution in [1.29, 1.82) is 0 Å². The molecule has 3 aliphatic rings. The van der Waals surface area contributed by atoms with Crippen LogP contribution in [0.2, 0.25) is 0 Å². The Hall–Kier alpha value is -1.50. The smallest absolute Gasteiger partial charge is 0.239 e. The standard InChI is InChI=1S/C20H31N5O/c26-19(18-14-20(16-23-18)4-8-22-9-5-20)25-11-1-10-24(12-13-25)15-17-2-6-21-7-3-17/h2-3,6-7,18,22-23H,1,4-5,8-16H2. The molecule has 6 heteroatoms. The minimum atomic E-state index is 0.0276. The number of hydrogen-bond acceptors (Lipinski definition) is 5. The first-order valence-electron chi connectivity index (χ1n) is 10.1. The molecule has 0 aromatic carbocycles. The fraction of sp³-hybridized carbons (Fsp3) is 0.700. The summed E-state index contributed by atoms with van der Waals surface area (Å²) >= 11 is 0. The average Bonchev–Trinajstić information content (AvgIpc) is 2.93. The van der Waals surface area contributed by atoms with Crippen LogP contribution in [0.1, 0.15) is 31.2 Å². The third-order valence-corrected chi connectivity index (χ3v) is 6.38. The monoisotopic (exact) mass is 357 g/mol. The van der Waals surface area contributed by atoms with E-state index < -0.39 is 0 Å². The van der Waals surface area contributed by atoms with Crippen molar-refractivity contribution in [3.8, 4) is 0 Å². The molecule has 1 aromatic rings. The SMILES string of the molecule is O=C(C1CC2(CCNCC2)CN1)N1CCCN(Cc2ccncc2)CC1. The van der Waals surface area contributed by atoms with Gasteiger partial charge in [-0.3, -0.25) is 14.7 Å². The minimum Gasteiger partial charge on any atom is -0.340 e. The third-order valence-electron chi connectivity index (χ3n) is 6.38. The van der Waals surface area contributed by atoms with Crippen molar-refractivity contribution >= 4 is 5.91 Å². The van der Waals surface area contributed by atoms with Crippen molar-refractivity contribution in [2.45, 2.75) is 38.3 Å². The van der Waals surface area contributed by atoms with Gasteiger partial charge in [0.15, 0.2) is 0 Å². The zero-order chi connectivity index (χ0) is 17.8. The minimum absolute atomic E-state index is 0.0276. The molecule has 1 amide bonds. The van der Waals surface area contributed by atoms with Gasteiger partial charge in [0.1, 0.15) is 0 Å². The molecular weight excluding hydrogens is 326 g/mol. The van der Waals surface area contributed by atoms with Crippen molar-refractivity contribution in [2.24, 2.45) is 5.41 Å². The number of carbonyl (C=O) groups is 1. The van der Waals surface area contributed by atoms with Gasteiger partial charge in [0, 0.05) is 51.7 Å². The Balaban J connectivity index is 1.30. The van der Waals surface area contributed by atoms with Crippen LogP contribution < -0.4 is 10.6 Å². The molecule has 0 aliphatic carbocycles. The van der Waals surface area contributed by atoms with Crippen molar-refractivity contribution in [1.82, 2.24) is 25.4 Å². The molecule has 1 aromatic heterocycles. The lowest BCUT2D eigenvalue weighted by Gasteiger charge is -2.33. The van der Waals surface area contributed by atoms with Crippen LogP contribution >= 0.6 is 0 Å². The van der Waals surface area contributed by atoms with E-state index in [-0.39, 0.29) is 6.04 Å². The summed E-state index contributed by atoms with van der Waals surface area (Å²) in [6.07, 6.45) is 8.17. The average molecular weight is 358 g/mol. The highest BCUT2D eigenvalue weighted by atomic mass is 16.2. The highest BCUT2D eigenvalue weighted by Crippen LogP contribution is 2.37. The summed E-state index contributed by atoms with van der Waals surface area (Å²) in [6, 6.07) is 4.18. The molecule has 142 valence electrons. The number of nitrogens with one attached hydrogen (secondary N) is 2. The fourth-order valence-corrected chi connectivity index (χ4v) is 4.75. The number of rotatable bonds is 3. The van der Waals surface area contributed by atoms with Gasteiger partial charge in [0.2, 0.25) is 5.91 Å². The Bertz CT molecular complexity index is 601. The number of pyridine rings is 1. The van der Waals surface area contributed by atoms with E-state index in [1.165, 1.54) is 18.4 Å². The molecule has 1 spiro atoms. The maximum Gasteiger partial charge on any atom is 0.239 e. The maximum atomic E-state index is 13.1. The molecule has 2 N–H and O–H groups in total. The van der Waals surface area contributed by atoms with Gasteiger partial charge in [-0.05, 0) is 61.9 Å². The van der Waals surface area contributed by atoms with Crippen LogP contribution in [-0.2, 0) is 11.3 Å². The van der Waals surface area contributed by atoms with Crippen LogP contribution in [0.25, 0.3) is 0 Å². The number of amides is 1. The van der Waals surface area contributed by atoms with Gasteiger partial charge in [0.25, 0.3) is 0 Å². The molecule has 0 bridgehead atoms. The molecular formula is C20H31N5O. The summed E-state index contributed by atoms with van der Waals surface area (Å²) in [5.41, 5.74) is 1.65. The van der Waals surface area contributed by atoms with Crippen molar-refractivity contribution in [2.75, 3.05) is 45.8 Å². The van der Waals surface area contributed by atoms with Crippen molar-refractivity contribution in [3.63, 3.8) is 0 Å². The number of piperidine rings is 1. The van der Waals surface area contributed by atoms with Gasteiger partial charge >= 0.3 is 0 Å². The van der Waals surface area contributed by atoms with Crippen LogP contribution in [0.15, 0.2) is 24.5 Å². The second kappa shape index (κ2) is 8.03. The first-order chi connectivity index (χ1) is 12.7. The maximum absolute atomic E-state index is 13.1. The van der Waals surface area contributed by atoms with E-state index in [0.29, 0.717) is 11.3 Å². The molecule has 26 heavy (non-hydrogen) atoms. The van der Waals surface area contributed by atoms with Gasteiger partial charge in [-0.2, -0.15) is 0 Å². The molecule has 0 radical (unpaired) electrons. The van der Waals surface area contributed by atoms with E-state index in [1.54, 1.807) is 0 Å². The predicted molar refractivity (Wildman–Crippen MR) is 102 cm³/mol. The molecule has 3 aliphatic heterocycles. The van der Waals surface area contributed by atoms with Gasteiger partial charge in [-0.1, -0.05) is 0 Å². The molecule has 1 atom stereocenters. The van der Waals surface area contributed by atoms with Crippen LogP contribution in [0.5, 0.6) is 0 Å². The summed E-state index contributed by atoms with van der Waals surface area (Å²) < 4.78 is 0. The highest BCUT2D eigenvalue weighted by Gasteiger charge is 2.43. The zero-order valence-corrected chi connectivity index (χ0v) is 15.6. The Kier molecular flexibility index (Phi) is 5.52. The van der Waals surface area contributed by atoms with E-state index >= 15 is 0 Å². The largest absolute Gasteiger partial charge is 0.340 e. The molecule has 4 rings (SSSR count). The summed E-state index contributed by atoms with van der Waals surface area (Å²) in [4.78, 5) is 21.7. The lowest BCUT2D eigenvalue weighted by molar-refractivity contribution is -0.133. The summed E-state index contributed by atoms with van der Waals surface area (Å²) in [5, 5.41) is 6.99. The van der Waals surface area contributed by atoms with Crippen LogP contribution in [0.3, 0.4) is 0 Å². The lowest BCUT2D eigenvalue weighted by Crippen LogP contribution is -2.45. The second-order valence-electron chi connectivity index (χ2n) is 8.20. The Morgan fingerprint density at radius 3 is 2.77 bits per heavy atom. The first-order valence-corrected chi connectivity index (χ1v) is 10.1. The third kappa shape index (κ3) is 4.08. The number of aromatic nitrogens is 1. The van der Waals surface area contributed by atoms with Gasteiger partial charge in [0.05, 0.1) is 6.04 Å². The summed E-state index contributed by atoms with van der Waals surface area (Å²) in [5.74, 6) is 0.325. The van der Waals surface area contributed by atoms with E-state index in [2.05, 4.69) is 37.6 Å². The number of nitrogens with zero attached hydrogens (tertiary/aromatic N) is 3. The van der Waals surface area contributed by atoms with Crippen LogP contribution in [0.4, 0.5) is 0 Å². The molecule has 3 fully saturated rings. The Morgan fingerprint density at radius 1 is 1.15 bits per heavy atom. The zero-order valence-electron chi connectivity index (χ0n) is 15.6. The van der Waals surface area contributed by atoms with Gasteiger partial charge < -0.3 is 15.5 Å². The quantitative estimate of drug-likeness (QED) is 0.840. The van der Waals surface area contributed by atoms with E-state index in [9.17, 15) is 4.79 Å². The summed E-state index contributed by atoms with van der Waals surface area (Å²) in [6.45, 7) is 7.88.